The molecule has 162 valence electrons. The predicted octanol–water partition coefficient (Wildman–Crippen LogP) is 1.35. The molecule has 0 aliphatic carbocycles. The molecule has 4 rings (SSSR count). The third-order valence-corrected chi connectivity index (χ3v) is 6.43. The zero-order chi connectivity index (χ0) is 22.2. The molecule has 0 radical (unpaired) electrons. The van der Waals surface area contributed by atoms with Gasteiger partial charge in [0.1, 0.15) is 0 Å². The molecule has 10 heteroatoms. The van der Waals surface area contributed by atoms with Gasteiger partial charge in [-0.2, -0.15) is 5.26 Å². The molecular formula is C22H23N3NaO5P. The molecular weight excluding hydrogens is 440 g/mol. The summed E-state index contributed by atoms with van der Waals surface area (Å²) in [6.45, 7) is 3.69. The van der Waals surface area contributed by atoms with Crippen molar-refractivity contribution in [2.24, 2.45) is 0 Å². The van der Waals surface area contributed by atoms with Crippen molar-refractivity contribution >= 4 is 18.7 Å². The number of benzene rings is 1. The fourth-order valence-corrected chi connectivity index (χ4v) is 4.84. The van der Waals surface area contributed by atoms with Crippen LogP contribution in [0.3, 0.4) is 0 Å². The van der Waals surface area contributed by atoms with E-state index in [0.29, 0.717) is 29.8 Å². The average molecular weight is 463 g/mol. The molecule has 3 aromatic rings. The zero-order valence-corrected chi connectivity index (χ0v) is 21.1. The molecule has 0 bridgehead atoms. The molecule has 2 atom stereocenters. The van der Waals surface area contributed by atoms with Crippen LogP contribution in [0.4, 0.5) is 0 Å². The van der Waals surface area contributed by atoms with Crippen molar-refractivity contribution in [2.75, 3.05) is 6.61 Å². The van der Waals surface area contributed by atoms with E-state index in [1.54, 1.807) is 18.4 Å². The Morgan fingerprint density at radius 1 is 1.38 bits per heavy atom. The van der Waals surface area contributed by atoms with Gasteiger partial charge in [0, 0.05) is 16.5 Å². The molecule has 32 heavy (non-hydrogen) atoms. The predicted molar refractivity (Wildman–Crippen MR) is 117 cm³/mol. The van der Waals surface area contributed by atoms with Crippen LogP contribution in [0.5, 0.6) is 0 Å². The van der Waals surface area contributed by atoms with E-state index in [-0.39, 0.29) is 49.6 Å². The van der Waals surface area contributed by atoms with Gasteiger partial charge >= 0.3 is 37.4 Å². The van der Waals surface area contributed by atoms with Crippen molar-refractivity contribution in [1.82, 2.24) is 9.55 Å². The second-order valence-electron chi connectivity index (χ2n) is 7.40. The summed E-state index contributed by atoms with van der Waals surface area (Å²) in [5.74, 6) is 0. The summed E-state index contributed by atoms with van der Waals surface area (Å²) >= 11 is 0. The van der Waals surface area contributed by atoms with E-state index in [2.05, 4.69) is 0 Å². The van der Waals surface area contributed by atoms with Crippen molar-refractivity contribution < 1.29 is 49.5 Å². The number of pyridine rings is 2. The van der Waals surface area contributed by atoms with Gasteiger partial charge in [0.05, 0.1) is 48.7 Å². The molecule has 3 heterocycles. The van der Waals surface area contributed by atoms with Crippen LogP contribution in [0.25, 0.3) is 22.3 Å². The van der Waals surface area contributed by atoms with Gasteiger partial charge in [-0.3, -0.25) is 13.8 Å². The molecule has 1 N–H and O–H groups in total. The van der Waals surface area contributed by atoms with Crippen LogP contribution < -0.4 is 35.1 Å². The maximum Gasteiger partial charge on any atom is 1.00 e. The number of rotatable bonds is 7. The van der Waals surface area contributed by atoms with Crippen molar-refractivity contribution in [3.8, 4) is 17.5 Å². The standard InChI is InChI=1S/C22H22N3O5P.Na.H/c1-3-20(30-31(27,28)29-10-6-9-23)17-12-19-21-16(13-25(19)22(26)14(17)2)11-15-7-4-5-8-18(15)24-21;;/h4-5,7-8,11-12,20H,3,6,10,13H2,1-2H3,(H,27,28);;/q;+1;-1. The van der Waals surface area contributed by atoms with E-state index in [1.165, 1.54) is 0 Å². The maximum atomic E-state index is 13.1. The van der Waals surface area contributed by atoms with Gasteiger partial charge in [0.2, 0.25) is 0 Å². The van der Waals surface area contributed by atoms with Gasteiger partial charge < -0.3 is 10.9 Å². The first kappa shape index (κ1) is 24.8. The van der Waals surface area contributed by atoms with Gasteiger partial charge in [-0.25, -0.2) is 9.55 Å². The van der Waals surface area contributed by atoms with Crippen molar-refractivity contribution in [3.05, 3.63) is 63.4 Å². The Morgan fingerprint density at radius 3 is 2.84 bits per heavy atom. The molecule has 8 nitrogen and oxygen atoms in total. The van der Waals surface area contributed by atoms with E-state index in [0.717, 1.165) is 22.2 Å². The van der Waals surface area contributed by atoms with Crippen LogP contribution in [-0.4, -0.2) is 21.1 Å². The Kier molecular flexibility index (Phi) is 7.74. The number of hydrogen-bond acceptors (Lipinski definition) is 6. The first-order valence-corrected chi connectivity index (χ1v) is 11.5. The molecule has 2 unspecified atom stereocenters. The number of phosphoric ester groups is 1. The van der Waals surface area contributed by atoms with Crippen LogP contribution in [0, 0.1) is 18.3 Å². The largest absolute Gasteiger partial charge is 1.00 e. The van der Waals surface area contributed by atoms with Gasteiger partial charge in [-0.1, -0.05) is 25.1 Å². The number of nitriles is 1. The Labute approximate surface area is 209 Å². The molecule has 0 saturated heterocycles. The number of hydrogen-bond donors (Lipinski definition) is 1. The first-order valence-electron chi connectivity index (χ1n) is 10.0. The van der Waals surface area contributed by atoms with Gasteiger partial charge in [-0.05, 0) is 37.1 Å². The number of fused-ring (bicyclic) bond motifs is 4. The minimum atomic E-state index is -4.39. The summed E-state index contributed by atoms with van der Waals surface area (Å²) < 4.78 is 24.2. The Balaban J connectivity index is 0.00000193. The summed E-state index contributed by atoms with van der Waals surface area (Å²) in [4.78, 5) is 27.9. The van der Waals surface area contributed by atoms with E-state index < -0.39 is 13.9 Å². The monoisotopic (exact) mass is 463 g/mol. The van der Waals surface area contributed by atoms with Crippen molar-refractivity contribution in [3.63, 3.8) is 0 Å². The Morgan fingerprint density at radius 2 is 2.12 bits per heavy atom. The molecule has 0 fully saturated rings. The number of phosphoric acid groups is 1. The summed E-state index contributed by atoms with van der Waals surface area (Å²) in [5.41, 5.74) is 3.96. The number of aromatic nitrogens is 2. The second kappa shape index (κ2) is 9.98. The maximum absolute atomic E-state index is 13.1. The fourth-order valence-electron chi connectivity index (χ4n) is 3.88. The molecule has 0 spiro atoms. The quantitative estimate of drug-likeness (QED) is 0.250. The second-order valence-corrected chi connectivity index (χ2v) is 8.81. The minimum Gasteiger partial charge on any atom is -1.00 e. The van der Waals surface area contributed by atoms with Crippen LogP contribution in [-0.2, 0) is 20.2 Å². The fraction of sp³-hybridized carbons (Fsp3) is 0.318. The smallest absolute Gasteiger partial charge is 1.00 e. The van der Waals surface area contributed by atoms with Crippen LogP contribution >= 0.6 is 7.82 Å². The molecule has 1 aliphatic rings. The summed E-state index contributed by atoms with van der Waals surface area (Å²) in [5, 5.41) is 9.59. The number of para-hydroxylation sites is 1. The normalized spacial score (nSPS) is 14.7. The molecule has 0 amide bonds. The third-order valence-electron chi connectivity index (χ3n) is 5.40. The Hall–Kier alpha value is -1.82. The van der Waals surface area contributed by atoms with E-state index >= 15 is 0 Å². The van der Waals surface area contributed by atoms with E-state index in [1.807, 2.05) is 42.5 Å². The SMILES string of the molecule is CCC(OP(=O)(O)OCCC#N)c1cc2n(c(=O)c1C)Cc1cc3ccccc3nc1-2.[H-].[Na+]. The molecule has 1 aromatic carbocycles. The van der Waals surface area contributed by atoms with Crippen molar-refractivity contribution in [1.29, 1.82) is 5.26 Å². The van der Waals surface area contributed by atoms with E-state index in [4.69, 9.17) is 19.3 Å². The Bertz CT molecular complexity index is 1320. The van der Waals surface area contributed by atoms with Gasteiger partial charge in [0.25, 0.3) is 5.56 Å². The van der Waals surface area contributed by atoms with Crippen LogP contribution in [0.15, 0.2) is 41.2 Å². The topological polar surface area (TPSA) is 114 Å². The first-order chi connectivity index (χ1) is 14.8. The minimum absolute atomic E-state index is 0. The third kappa shape index (κ3) is 4.75. The molecule has 2 aromatic heterocycles. The summed E-state index contributed by atoms with van der Waals surface area (Å²) in [6.07, 6.45) is -0.491. The summed E-state index contributed by atoms with van der Waals surface area (Å²) in [7, 11) is -4.39. The molecule has 1 aliphatic heterocycles. The van der Waals surface area contributed by atoms with Gasteiger partial charge in [0.15, 0.2) is 0 Å². The van der Waals surface area contributed by atoms with E-state index in [9.17, 15) is 14.3 Å². The van der Waals surface area contributed by atoms with Crippen LogP contribution in [0.1, 0.15) is 44.0 Å². The summed E-state index contributed by atoms with van der Waals surface area (Å²) in [6, 6.07) is 13.5. The molecule has 0 saturated carbocycles. The zero-order valence-electron chi connectivity index (χ0n) is 19.2. The van der Waals surface area contributed by atoms with Crippen LogP contribution in [0.2, 0.25) is 0 Å². The number of nitrogens with zero attached hydrogens (tertiary/aromatic N) is 3. The van der Waals surface area contributed by atoms with Gasteiger partial charge in [-0.15, -0.1) is 0 Å². The van der Waals surface area contributed by atoms with Crippen molar-refractivity contribution in [2.45, 2.75) is 39.3 Å². The average Bonchev–Trinajstić information content (AvgIpc) is 3.10.